The van der Waals surface area contributed by atoms with Crippen molar-refractivity contribution in [3.05, 3.63) is 35.9 Å². The Bertz CT molecular complexity index is 642. The molecular weight excluding hydrogens is 308 g/mol. The molecule has 5 nitrogen and oxygen atoms in total. The molecule has 0 amide bonds. The van der Waals surface area contributed by atoms with Gasteiger partial charge in [0.25, 0.3) is 0 Å². The number of hydrogen-bond donors (Lipinski definition) is 0. The van der Waals surface area contributed by atoms with E-state index in [1.54, 1.807) is 12.1 Å². The molecule has 0 radical (unpaired) electrons. The molecule has 4 rings (SSSR count). The van der Waals surface area contributed by atoms with Crippen LogP contribution in [0.3, 0.4) is 0 Å². The maximum absolute atomic E-state index is 12.4. The van der Waals surface area contributed by atoms with Gasteiger partial charge in [-0.2, -0.15) is 0 Å². The van der Waals surface area contributed by atoms with E-state index in [9.17, 15) is 4.79 Å². The number of epoxide rings is 1. The van der Waals surface area contributed by atoms with Gasteiger partial charge in [0.2, 0.25) is 0 Å². The summed E-state index contributed by atoms with van der Waals surface area (Å²) < 4.78 is 23.8. The molecule has 1 spiro atoms. The zero-order chi connectivity index (χ0) is 17.0. The number of fused-ring (bicyclic) bond motifs is 2. The molecule has 2 heterocycles. The van der Waals surface area contributed by atoms with Crippen LogP contribution in [0.25, 0.3) is 0 Å². The second kappa shape index (κ2) is 5.28. The van der Waals surface area contributed by atoms with Crippen molar-refractivity contribution >= 4 is 5.97 Å². The lowest BCUT2D eigenvalue weighted by Crippen LogP contribution is -2.60. The Hall–Kier alpha value is -1.43. The number of esters is 1. The molecule has 4 atom stereocenters. The van der Waals surface area contributed by atoms with Crippen molar-refractivity contribution in [1.82, 2.24) is 0 Å². The van der Waals surface area contributed by atoms with Crippen molar-refractivity contribution in [2.75, 3.05) is 6.61 Å². The molecule has 3 aliphatic rings. The van der Waals surface area contributed by atoms with Crippen LogP contribution in [0.5, 0.6) is 0 Å². The first kappa shape index (κ1) is 16.1. The third kappa shape index (κ3) is 2.55. The van der Waals surface area contributed by atoms with Gasteiger partial charge in [-0.05, 0) is 32.9 Å². The Morgan fingerprint density at radius 3 is 2.67 bits per heavy atom. The molecule has 1 aromatic rings. The highest BCUT2D eigenvalue weighted by atomic mass is 16.7. The van der Waals surface area contributed by atoms with E-state index in [0.29, 0.717) is 18.6 Å². The van der Waals surface area contributed by atoms with Crippen LogP contribution in [0.2, 0.25) is 0 Å². The van der Waals surface area contributed by atoms with Gasteiger partial charge in [0, 0.05) is 19.3 Å². The third-order valence-corrected chi connectivity index (χ3v) is 5.56. The van der Waals surface area contributed by atoms with Gasteiger partial charge in [0.05, 0.1) is 18.3 Å². The smallest absolute Gasteiger partial charge is 0.338 e. The second-order valence-corrected chi connectivity index (χ2v) is 7.64. The molecule has 1 unspecified atom stereocenters. The zero-order valence-electron chi connectivity index (χ0n) is 14.4. The van der Waals surface area contributed by atoms with Crippen LogP contribution in [-0.4, -0.2) is 41.8 Å². The SMILES string of the molecule is CC1(C)OCC[C@]2(CC(OC(=O)c3ccccc3)C[C@@H]3O[C@@]32C)O1. The lowest BCUT2D eigenvalue weighted by atomic mass is 9.72. The summed E-state index contributed by atoms with van der Waals surface area (Å²) in [4.78, 5) is 12.4. The van der Waals surface area contributed by atoms with Crippen LogP contribution in [0.4, 0.5) is 0 Å². The average molecular weight is 332 g/mol. The Morgan fingerprint density at radius 2 is 1.96 bits per heavy atom. The minimum absolute atomic E-state index is 0.0775. The van der Waals surface area contributed by atoms with E-state index in [4.69, 9.17) is 18.9 Å². The van der Waals surface area contributed by atoms with Crippen LogP contribution in [-0.2, 0) is 18.9 Å². The maximum atomic E-state index is 12.4. The van der Waals surface area contributed by atoms with Crippen molar-refractivity contribution < 1.29 is 23.7 Å². The van der Waals surface area contributed by atoms with Crippen molar-refractivity contribution in [3.8, 4) is 0 Å². The quantitative estimate of drug-likeness (QED) is 0.615. The van der Waals surface area contributed by atoms with Crippen molar-refractivity contribution in [2.24, 2.45) is 0 Å². The van der Waals surface area contributed by atoms with Crippen LogP contribution in [0, 0.1) is 0 Å². The van der Waals surface area contributed by atoms with E-state index in [0.717, 1.165) is 12.8 Å². The van der Waals surface area contributed by atoms with Crippen molar-refractivity contribution in [2.45, 2.75) is 69.2 Å². The fourth-order valence-corrected chi connectivity index (χ4v) is 4.22. The Balaban J connectivity index is 1.52. The summed E-state index contributed by atoms with van der Waals surface area (Å²) in [5.41, 5.74) is -0.187. The summed E-state index contributed by atoms with van der Waals surface area (Å²) in [7, 11) is 0. The fourth-order valence-electron chi connectivity index (χ4n) is 4.22. The molecule has 3 fully saturated rings. The summed E-state index contributed by atoms with van der Waals surface area (Å²) in [5, 5.41) is 0. The highest BCUT2D eigenvalue weighted by Gasteiger charge is 2.72. The van der Waals surface area contributed by atoms with E-state index in [1.807, 2.05) is 32.0 Å². The molecule has 5 heteroatoms. The van der Waals surface area contributed by atoms with Crippen LogP contribution in [0.15, 0.2) is 30.3 Å². The lowest BCUT2D eigenvalue weighted by Gasteiger charge is -2.50. The molecule has 2 saturated heterocycles. The highest BCUT2D eigenvalue weighted by Crippen LogP contribution is 2.59. The number of ether oxygens (including phenoxy) is 4. The lowest BCUT2D eigenvalue weighted by molar-refractivity contribution is -0.330. The molecule has 130 valence electrons. The van der Waals surface area contributed by atoms with Gasteiger partial charge in [-0.25, -0.2) is 4.79 Å². The van der Waals surface area contributed by atoms with Gasteiger partial charge in [0.1, 0.15) is 17.3 Å². The van der Waals surface area contributed by atoms with Gasteiger partial charge in [0.15, 0.2) is 5.79 Å². The van der Waals surface area contributed by atoms with Crippen molar-refractivity contribution in [1.29, 1.82) is 0 Å². The van der Waals surface area contributed by atoms with Gasteiger partial charge in [-0.3, -0.25) is 0 Å². The summed E-state index contributed by atoms with van der Waals surface area (Å²) in [6.07, 6.45) is 2.00. The number of carbonyl (C=O) groups is 1. The Kier molecular flexibility index (Phi) is 3.53. The standard InChI is InChI=1S/C19H24O5/c1-17(2)21-10-9-19(24-17)12-14(11-15-18(19,3)23-15)22-16(20)13-7-5-4-6-8-13/h4-8,14-15H,9-12H2,1-3H3/t14?,15-,18-,19+/m0/s1. The number of rotatable bonds is 2. The zero-order valence-corrected chi connectivity index (χ0v) is 14.4. The topological polar surface area (TPSA) is 57.3 Å². The molecule has 1 saturated carbocycles. The largest absolute Gasteiger partial charge is 0.459 e. The van der Waals surface area contributed by atoms with Gasteiger partial charge < -0.3 is 18.9 Å². The van der Waals surface area contributed by atoms with Crippen molar-refractivity contribution in [3.63, 3.8) is 0 Å². The second-order valence-electron chi connectivity index (χ2n) is 7.64. The maximum Gasteiger partial charge on any atom is 0.338 e. The van der Waals surface area contributed by atoms with Crippen LogP contribution < -0.4 is 0 Å². The first-order valence-corrected chi connectivity index (χ1v) is 8.62. The molecular formula is C19H24O5. The highest BCUT2D eigenvalue weighted by molar-refractivity contribution is 5.89. The molecule has 0 bridgehead atoms. The Labute approximate surface area is 142 Å². The summed E-state index contributed by atoms with van der Waals surface area (Å²) in [6.45, 7) is 6.58. The minimum Gasteiger partial charge on any atom is -0.459 e. The van der Waals surface area contributed by atoms with Gasteiger partial charge >= 0.3 is 5.97 Å². The molecule has 0 aromatic heterocycles. The molecule has 1 aliphatic carbocycles. The van der Waals surface area contributed by atoms with Crippen LogP contribution >= 0.6 is 0 Å². The normalized spacial score (nSPS) is 40.0. The molecule has 24 heavy (non-hydrogen) atoms. The van der Waals surface area contributed by atoms with E-state index >= 15 is 0 Å². The molecule has 2 aliphatic heterocycles. The van der Waals surface area contributed by atoms with Gasteiger partial charge in [-0.1, -0.05) is 18.2 Å². The predicted octanol–water partition coefficient (Wildman–Crippen LogP) is 3.08. The van der Waals surface area contributed by atoms with E-state index in [-0.39, 0.29) is 23.8 Å². The minimum atomic E-state index is -0.650. The Morgan fingerprint density at radius 1 is 1.21 bits per heavy atom. The van der Waals surface area contributed by atoms with E-state index in [1.165, 1.54) is 0 Å². The summed E-state index contributed by atoms with van der Waals surface area (Å²) in [5.74, 6) is -0.936. The third-order valence-electron chi connectivity index (χ3n) is 5.56. The first-order valence-electron chi connectivity index (χ1n) is 8.62. The summed E-state index contributed by atoms with van der Waals surface area (Å²) in [6, 6.07) is 9.10. The summed E-state index contributed by atoms with van der Waals surface area (Å²) >= 11 is 0. The van der Waals surface area contributed by atoms with E-state index in [2.05, 4.69) is 6.92 Å². The molecule has 0 N–H and O–H groups in total. The average Bonchev–Trinajstić information content (AvgIpc) is 3.19. The molecule has 1 aromatic carbocycles. The van der Waals surface area contributed by atoms with E-state index < -0.39 is 11.4 Å². The number of hydrogen-bond acceptors (Lipinski definition) is 5. The fraction of sp³-hybridized carbons (Fsp3) is 0.632. The monoisotopic (exact) mass is 332 g/mol. The predicted molar refractivity (Wildman–Crippen MR) is 86.6 cm³/mol. The van der Waals surface area contributed by atoms with Crippen LogP contribution in [0.1, 0.15) is 50.4 Å². The van der Waals surface area contributed by atoms with Gasteiger partial charge in [-0.15, -0.1) is 0 Å². The number of benzene rings is 1. The first-order chi connectivity index (χ1) is 11.3. The number of carbonyl (C=O) groups excluding carboxylic acids is 1.